The Kier molecular flexibility index (Phi) is 4.10. The molecule has 1 saturated heterocycles. The number of fused-ring (bicyclic) bond motifs is 1. The van der Waals surface area contributed by atoms with Gasteiger partial charge in [0.2, 0.25) is 5.91 Å². The number of carbonyl (C=O) groups is 1. The lowest BCUT2D eigenvalue weighted by Gasteiger charge is -2.48. The molecule has 124 valence electrons. The number of carbonyl (C=O) groups excluding carboxylic acids is 1. The highest BCUT2D eigenvalue weighted by Gasteiger charge is 2.41. The highest BCUT2D eigenvalue weighted by molar-refractivity contribution is 5.76. The number of piperidine rings is 1. The van der Waals surface area contributed by atoms with Crippen LogP contribution in [0.1, 0.15) is 68.7 Å². The van der Waals surface area contributed by atoms with Gasteiger partial charge in [0.25, 0.3) is 0 Å². The Morgan fingerprint density at radius 1 is 1.35 bits per heavy atom. The average molecular weight is 313 g/mol. The number of nitrogens with one attached hydrogen (secondary N) is 2. The molecule has 2 heterocycles. The van der Waals surface area contributed by atoms with Crippen molar-refractivity contribution >= 4 is 5.91 Å². The molecule has 4 rings (SSSR count). The van der Waals surface area contributed by atoms with E-state index in [-0.39, 0.29) is 11.9 Å². The van der Waals surface area contributed by atoms with Crippen LogP contribution in [0.15, 0.2) is 18.3 Å². The maximum atomic E-state index is 12.5. The molecule has 1 aromatic rings. The molecule has 3 aliphatic rings. The third-order valence-corrected chi connectivity index (χ3v) is 6.05. The molecule has 1 amide bonds. The predicted octanol–water partition coefficient (Wildman–Crippen LogP) is 2.89. The van der Waals surface area contributed by atoms with Crippen molar-refractivity contribution in [2.75, 3.05) is 6.54 Å². The van der Waals surface area contributed by atoms with Crippen molar-refractivity contribution in [2.24, 2.45) is 5.92 Å². The maximum absolute atomic E-state index is 12.5. The molecule has 1 spiro atoms. The lowest BCUT2D eigenvalue weighted by Crippen LogP contribution is -2.56. The largest absolute Gasteiger partial charge is 0.348 e. The fraction of sp³-hybridized carbons (Fsp3) is 0.684. The molecule has 2 fully saturated rings. The van der Waals surface area contributed by atoms with Crippen LogP contribution >= 0.6 is 0 Å². The van der Waals surface area contributed by atoms with E-state index in [2.05, 4.69) is 21.7 Å². The van der Waals surface area contributed by atoms with E-state index in [1.807, 2.05) is 12.3 Å². The molecule has 23 heavy (non-hydrogen) atoms. The first-order valence-corrected chi connectivity index (χ1v) is 9.22. The molecule has 0 bridgehead atoms. The number of rotatable bonds is 3. The summed E-state index contributed by atoms with van der Waals surface area (Å²) < 4.78 is 0. The standard InChI is InChI=1S/C19H27N3O/c23-17(12-14-7-11-21-19(13-14)8-3-9-19)22-16-6-1-4-15-5-2-10-20-18(15)16/h2,5,10,14,16,21H,1,3-4,6-9,11-13H2,(H,22,23)/t14?,16-/m0/s1. The summed E-state index contributed by atoms with van der Waals surface area (Å²) in [6.07, 6.45) is 12.0. The zero-order valence-corrected chi connectivity index (χ0v) is 13.8. The van der Waals surface area contributed by atoms with Gasteiger partial charge in [-0.1, -0.05) is 6.07 Å². The Bertz CT molecular complexity index is 582. The minimum atomic E-state index is 0.117. The number of aryl methyl sites for hydroxylation is 1. The Balaban J connectivity index is 1.35. The first-order chi connectivity index (χ1) is 11.2. The fourth-order valence-corrected chi connectivity index (χ4v) is 4.69. The first-order valence-electron chi connectivity index (χ1n) is 9.22. The van der Waals surface area contributed by atoms with Gasteiger partial charge in [-0.15, -0.1) is 0 Å². The number of amides is 1. The van der Waals surface area contributed by atoms with Crippen molar-refractivity contribution in [1.82, 2.24) is 15.6 Å². The zero-order valence-electron chi connectivity index (χ0n) is 13.8. The molecule has 0 radical (unpaired) electrons. The molecule has 4 heteroatoms. The van der Waals surface area contributed by atoms with Crippen LogP contribution < -0.4 is 10.6 Å². The van der Waals surface area contributed by atoms with E-state index >= 15 is 0 Å². The van der Waals surface area contributed by atoms with E-state index in [0.717, 1.165) is 37.9 Å². The highest BCUT2D eigenvalue weighted by Crippen LogP contribution is 2.41. The molecule has 4 nitrogen and oxygen atoms in total. The van der Waals surface area contributed by atoms with Gasteiger partial charge in [0.1, 0.15) is 0 Å². The summed E-state index contributed by atoms with van der Waals surface area (Å²) >= 11 is 0. The van der Waals surface area contributed by atoms with Gasteiger partial charge in [0.15, 0.2) is 0 Å². The van der Waals surface area contributed by atoms with Crippen LogP contribution in [0.2, 0.25) is 0 Å². The average Bonchev–Trinajstić information content (AvgIpc) is 2.54. The van der Waals surface area contributed by atoms with E-state index in [9.17, 15) is 4.79 Å². The van der Waals surface area contributed by atoms with Crippen molar-refractivity contribution in [3.05, 3.63) is 29.6 Å². The van der Waals surface area contributed by atoms with Gasteiger partial charge >= 0.3 is 0 Å². The minimum Gasteiger partial charge on any atom is -0.348 e. The van der Waals surface area contributed by atoms with Crippen molar-refractivity contribution in [2.45, 2.75) is 69.4 Å². The van der Waals surface area contributed by atoms with Gasteiger partial charge in [-0.3, -0.25) is 9.78 Å². The Morgan fingerprint density at radius 3 is 3.09 bits per heavy atom. The van der Waals surface area contributed by atoms with Crippen LogP contribution in [-0.2, 0) is 11.2 Å². The quantitative estimate of drug-likeness (QED) is 0.902. The van der Waals surface area contributed by atoms with E-state index < -0.39 is 0 Å². The fourth-order valence-electron chi connectivity index (χ4n) is 4.69. The van der Waals surface area contributed by atoms with Crippen LogP contribution in [0.25, 0.3) is 0 Å². The molecule has 2 aliphatic carbocycles. The number of aromatic nitrogens is 1. The molecule has 2 N–H and O–H groups in total. The topological polar surface area (TPSA) is 54.0 Å². The maximum Gasteiger partial charge on any atom is 0.220 e. The number of hydrogen-bond acceptors (Lipinski definition) is 3. The lowest BCUT2D eigenvalue weighted by atomic mass is 9.68. The number of hydrogen-bond donors (Lipinski definition) is 2. The Hall–Kier alpha value is -1.42. The van der Waals surface area contributed by atoms with Crippen LogP contribution in [0.5, 0.6) is 0 Å². The van der Waals surface area contributed by atoms with Crippen LogP contribution in [0, 0.1) is 5.92 Å². The second-order valence-corrected chi connectivity index (χ2v) is 7.68. The summed E-state index contributed by atoms with van der Waals surface area (Å²) in [5.74, 6) is 0.762. The van der Waals surface area contributed by atoms with Crippen molar-refractivity contribution < 1.29 is 4.79 Å². The molecule has 1 aliphatic heterocycles. The summed E-state index contributed by atoms with van der Waals surface area (Å²) in [5, 5.41) is 6.95. The second kappa shape index (κ2) is 6.23. The van der Waals surface area contributed by atoms with E-state index in [1.165, 1.54) is 31.2 Å². The Labute approximate surface area is 138 Å². The van der Waals surface area contributed by atoms with Crippen LogP contribution in [0.4, 0.5) is 0 Å². The predicted molar refractivity (Wildman–Crippen MR) is 90.0 cm³/mol. The molecular formula is C19H27N3O. The van der Waals surface area contributed by atoms with Gasteiger partial charge in [0.05, 0.1) is 11.7 Å². The summed E-state index contributed by atoms with van der Waals surface area (Å²) in [4.78, 5) is 17.1. The number of pyridine rings is 1. The summed E-state index contributed by atoms with van der Waals surface area (Å²) in [6, 6.07) is 4.26. The zero-order chi connectivity index (χ0) is 15.7. The molecule has 1 saturated carbocycles. The van der Waals surface area contributed by atoms with Crippen molar-refractivity contribution in [3.63, 3.8) is 0 Å². The number of nitrogens with zero attached hydrogens (tertiary/aromatic N) is 1. The smallest absolute Gasteiger partial charge is 0.220 e. The second-order valence-electron chi connectivity index (χ2n) is 7.68. The molecule has 1 aromatic heterocycles. The third kappa shape index (κ3) is 3.14. The van der Waals surface area contributed by atoms with E-state index in [1.54, 1.807) is 0 Å². The molecular weight excluding hydrogens is 286 g/mol. The van der Waals surface area contributed by atoms with E-state index in [0.29, 0.717) is 17.9 Å². The van der Waals surface area contributed by atoms with Crippen molar-refractivity contribution in [1.29, 1.82) is 0 Å². The van der Waals surface area contributed by atoms with Gasteiger partial charge in [-0.25, -0.2) is 0 Å². The van der Waals surface area contributed by atoms with E-state index in [4.69, 9.17) is 0 Å². The van der Waals surface area contributed by atoms with Gasteiger partial charge in [-0.05, 0) is 75.5 Å². The molecule has 0 aromatic carbocycles. The van der Waals surface area contributed by atoms with Crippen LogP contribution in [-0.4, -0.2) is 23.0 Å². The Morgan fingerprint density at radius 2 is 2.26 bits per heavy atom. The summed E-state index contributed by atoms with van der Waals surface area (Å²) in [7, 11) is 0. The minimum absolute atomic E-state index is 0.117. The molecule has 2 atom stereocenters. The van der Waals surface area contributed by atoms with Gasteiger partial charge in [-0.2, -0.15) is 0 Å². The first kappa shape index (κ1) is 15.1. The molecule has 1 unspecified atom stereocenters. The summed E-state index contributed by atoms with van der Waals surface area (Å²) in [6.45, 7) is 1.08. The lowest BCUT2D eigenvalue weighted by molar-refractivity contribution is -0.123. The van der Waals surface area contributed by atoms with Crippen LogP contribution in [0.3, 0.4) is 0 Å². The third-order valence-electron chi connectivity index (χ3n) is 6.05. The van der Waals surface area contributed by atoms with Crippen molar-refractivity contribution in [3.8, 4) is 0 Å². The van der Waals surface area contributed by atoms with Gasteiger partial charge < -0.3 is 10.6 Å². The van der Waals surface area contributed by atoms with Gasteiger partial charge in [0, 0.05) is 18.2 Å². The summed E-state index contributed by atoms with van der Waals surface area (Å²) in [5.41, 5.74) is 2.77. The monoisotopic (exact) mass is 313 g/mol. The highest BCUT2D eigenvalue weighted by atomic mass is 16.1. The SMILES string of the molecule is O=C(CC1CCNC2(CCC2)C1)N[C@H]1CCCc2cccnc21. The normalized spacial score (nSPS) is 28.7.